The summed E-state index contributed by atoms with van der Waals surface area (Å²) < 4.78 is 28.3. The SMILES string of the molecule is CCN(CCCO)c1c(F)cc(CNC(C)C)cc1F. The Kier molecular flexibility index (Phi) is 6.88. The molecular weight excluding hydrogens is 262 g/mol. The van der Waals surface area contributed by atoms with Crippen LogP contribution in [0.5, 0.6) is 0 Å². The van der Waals surface area contributed by atoms with Gasteiger partial charge in [-0.25, -0.2) is 8.78 Å². The van der Waals surface area contributed by atoms with Gasteiger partial charge in [0.15, 0.2) is 0 Å². The number of aliphatic hydroxyl groups excluding tert-OH is 1. The van der Waals surface area contributed by atoms with Gasteiger partial charge in [-0.05, 0) is 31.0 Å². The van der Waals surface area contributed by atoms with E-state index in [1.165, 1.54) is 12.1 Å². The molecule has 5 heteroatoms. The lowest BCUT2D eigenvalue weighted by atomic mass is 10.1. The Hall–Kier alpha value is -1.20. The maximum absolute atomic E-state index is 14.1. The van der Waals surface area contributed by atoms with Crippen molar-refractivity contribution >= 4 is 5.69 Å². The number of rotatable bonds is 8. The Morgan fingerprint density at radius 1 is 1.25 bits per heavy atom. The highest BCUT2D eigenvalue weighted by atomic mass is 19.1. The molecule has 0 heterocycles. The van der Waals surface area contributed by atoms with Crippen LogP contribution in [0, 0.1) is 11.6 Å². The molecule has 0 fully saturated rings. The number of hydrogen-bond acceptors (Lipinski definition) is 3. The molecule has 0 spiro atoms. The minimum absolute atomic E-state index is 0.00533. The average molecular weight is 286 g/mol. The predicted molar refractivity (Wildman–Crippen MR) is 77.9 cm³/mol. The van der Waals surface area contributed by atoms with Crippen LogP contribution in [0.4, 0.5) is 14.5 Å². The first kappa shape index (κ1) is 16.9. The third-order valence-electron chi connectivity index (χ3n) is 3.08. The molecule has 2 N–H and O–H groups in total. The Bertz CT molecular complexity index is 401. The monoisotopic (exact) mass is 286 g/mol. The summed E-state index contributed by atoms with van der Waals surface area (Å²) in [5, 5.41) is 12.0. The normalized spacial score (nSPS) is 11.2. The van der Waals surface area contributed by atoms with E-state index in [1.54, 1.807) is 4.90 Å². The van der Waals surface area contributed by atoms with Crippen LogP contribution in [0.2, 0.25) is 0 Å². The van der Waals surface area contributed by atoms with E-state index in [-0.39, 0.29) is 18.3 Å². The second-order valence-corrected chi connectivity index (χ2v) is 5.10. The van der Waals surface area contributed by atoms with E-state index in [1.807, 2.05) is 20.8 Å². The first-order chi connectivity index (χ1) is 9.49. The van der Waals surface area contributed by atoms with Crippen LogP contribution in [0.3, 0.4) is 0 Å². The van der Waals surface area contributed by atoms with Gasteiger partial charge in [0.25, 0.3) is 0 Å². The summed E-state index contributed by atoms with van der Waals surface area (Å²) in [6, 6.07) is 3.00. The lowest BCUT2D eigenvalue weighted by molar-refractivity contribution is 0.289. The summed E-state index contributed by atoms with van der Waals surface area (Å²) in [7, 11) is 0. The van der Waals surface area contributed by atoms with Gasteiger partial charge in [-0.15, -0.1) is 0 Å². The Balaban J connectivity index is 2.92. The van der Waals surface area contributed by atoms with Crippen molar-refractivity contribution in [1.82, 2.24) is 5.32 Å². The third kappa shape index (κ3) is 4.72. The summed E-state index contributed by atoms with van der Waals surface area (Å²) in [5.74, 6) is -1.10. The minimum Gasteiger partial charge on any atom is -0.396 e. The zero-order valence-electron chi connectivity index (χ0n) is 12.4. The zero-order chi connectivity index (χ0) is 15.1. The lowest BCUT2D eigenvalue weighted by Crippen LogP contribution is -2.27. The molecule has 20 heavy (non-hydrogen) atoms. The molecule has 0 saturated heterocycles. The van der Waals surface area contributed by atoms with Crippen LogP contribution in [0.1, 0.15) is 32.8 Å². The van der Waals surface area contributed by atoms with E-state index in [0.717, 1.165) is 0 Å². The smallest absolute Gasteiger partial charge is 0.149 e. The molecule has 1 aromatic carbocycles. The maximum atomic E-state index is 14.1. The van der Waals surface area contributed by atoms with E-state index in [4.69, 9.17) is 5.11 Å². The molecule has 0 saturated carbocycles. The molecule has 0 atom stereocenters. The van der Waals surface area contributed by atoms with Gasteiger partial charge < -0.3 is 15.3 Å². The van der Waals surface area contributed by atoms with Gasteiger partial charge in [0, 0.05) is 32.3 Å². The molecule has 0 bridgehead atoms. The summed E-state index contributed by atoms with van der Waals surface area (Å²) in [5.41, 5.74) is 0.588. The number of halogens is 2. The van der Waals surface area contributed by atoms with E-state index in [2.05, 4.69) is 5.32 Å². The molecular formula is C15H24F2N2O. The Morgan fingerprint density at radius 2 is 1.85 bits per heavy atom. The van der Waals surface area contributed by atoms with Crippen LogP contribution in [-0.4, -0.2) is 30.8 Å². The minimum atomic E-state index is -0.551. The molecule has 0 radical (unpaired) electrons. The van der Waals surface area contributed by atoms with E-state index in [0.29, 0.717) is 31.6 Å². The number of hydrogen-bond donors (Lipinski definition) is 2. The van der Waals surface area contributed by atoms with Crippen molar-refractivity contribution in [2.24, 2.45) is 0 Å². The fourth-order valence-electron chi connectivity index (χ4n) is 2.03. The molecule has 0 aliphatic carbocycles. The molecule has 1 rings (SSSR count). The highest BCUT2D eigenvalue weighted by Crippen LogP contribution is 2.25. The largest absolute Gasteiger partial charge is 0.396 e. The van der Waals surface area contributed by atoms with E-state index < -0.39 is 11.6 Å². The second kappa shape index (κ2) is 8.17. The highest BCUT2D eigenvalue weighted by molar-refractivity contribution is 5.50. The molecule has 114 valence electrons. The van der Waals surface area contributed by atoms with Gasteiger partial charge in [0.1, 0.15) is 17.3 Å². The van der Waals surface area contributed by atoms with Gasteiger partial charge in [0.2, 0.25) is 0 Å². The third-order valence-corrected chi connectivity index (χ3v) is 3.08. The quantitative estimate of drug-likeness (QED) is 0.771. The van der Waals surface area contributed by atoms with Gasteiger partial charge in [-0.1, -0.05) is 13.8 Å². The van der Waals surface area contributed by atoms with Crippen molar-refractivity contribution < 1.29 is 13.9 Å². The molecule has 0 aromatic heterocycles. The lowest BCUT2D eigenvalue weighted by Gasteiger charge is -2.24. The molecule has 0 aliphatic heterocycles. The molecule has 1 aromatic rings. The predicted octanol–water partition coefficient (Wildman–Crippen LogP) is 2.67. The standard InChI is InChI=1S/C15H24F2N2O/c1-4-19(6-5-7-20)15-13(16)8-12(9-14(15)17)10-18-11(2)3/h8-9,11,18,20H,4-7,10H2,1-3H3. The number of nitrogens with zero attached hydrogens (tertiary/aromatic N) is 1. The average Bonchev–Trinajstić information content (AvgIpc) is 2.39. The van der Waals surface area contributed by atoms with Crippen molar-refractivity contribution in [1.29, 1.82) is 0 Å². The van der Waals surface area contributed by atoms with Crippen molar-refractivity contribution in [3.8, 4) is 0 Å². The van der Waals surface area contributed by atoms with Gasteiger partial charge in [-0.2, -0.15) is 0 Å². The first-order valence-electron chi connectivity index (χ1n) is 7.06. The fraction of sp³-hybridized carbons (Fsp3) is 0.600. The topological polar surface area (TPSA) is 35.5 Å². The van der Waals surface area contributed by atoms with E-state index >= 15 is 0 Å². The molecule has 0 aliphatic rings. The number of anilines is 1. The number of aliphatic hydroxyl groups is 1. The zero-order valence-corrected chi connectivity index (χ0v) is 12.4. The highest BCUT2D eigenvalue weighted by Gasteiger charge is 2.16. The van der Waals surface area contributed by atoms with Gasteiger partial charge in [-0.3, -0.25) is 0 Å². The fourth-order valence-corrected chi connectivity index (χ4v) is 2.03. The maximum Gasteiger partial charge on any atom is 0.149 e. The van der Waals surface area contributed by atoms with Gasteiger partial charge >= 0.3 is 0 Å². The second-order valence-electron chi connectivity index (χ2n) is 5.10. The van der Waals surface area contributed by atoms with Crippen LogP contribution < -0.4 is 10.2 Å². The van der Waals surface area contributed by atoms with Crippen molar-refractivity contribution in [3.05, 3.63) is 29.3 Å². The summed E-state index contributed by atoms with van der Waals surface area (Å²) >= 11 is 0. The van der Waals surface area contributed by atoms with Crippen molar-refractivity contribution in [3.63, 3.8) is 0 Å². The van der Waals surface area contributed by atoms with Crippen molar-refractivity contribution in [2.45, 2.75) is 39.8 Å². The van der Waals surface area contributed by atoms with Crippen LogP contribution in [0.25, 0.3) is 0 Å². The number of nitrogens with one attached hydrogen (secondary N) is 1. The molecule has 0 amide bonds. The summed E-state index contributed by atoms with van der Waals surface area (Å²) in [6.07, 6.45) is 0.489. The van der Waals surface area contributed by atoms with Crippen LogP contribution in [0.15, 0.2) is 12.1 Å². The number of benzene rings is 1. The Morgan fingerprint density at radius 3 is 2.30 bits per heavy atom. The molecule has 3 nitrogen and oxygen atoms in total. The first-order valence-corrected chi connectivity index (χ1v) is 7.06. The summed E-state index contributed by atoms with van der Waals surface area (Å²) in [6.45, 7) is 7.18. The van der Waals surface area contributed by atoms with Crippen LogP contribution >= 0.6 is 0 Å². The van der Waals surface area contributed by atoms with Gasteiger partial charge in [0.05, 0.1) is 0 Å². The van der Waals surface area contributed by atoms with E-state index in [9.17, 15) is 8.78 Å². The summed E-state index contributed by atoms with van der Waals surface area (Å²) in [4.78, 5) is 1.61. The van der Waals surface area contributed by atoms with Crippen molar-refractivity contribution in [2.75, 3.05) is 24.6 Å². The molecule has 0 unspecified atom stereocenters. The Labute approximate surface area is 119 Å². The van der Waals surface area contributed by atoms with Crippen LogP contribution in [-0.2, 0) is 6.54 Å².